The van der Waals surface area contributed by atoms with Crippen molar-refractivity contribution in [1.82, 2.24) is 0 Å². The van der Waals surface area contributed by atoms with E-state index in [9.17, 15) is 14.4 Å². The van der Waals surface area contributed by atoms with Gasteiger partial charge >= 0.3 is 5.97 Å². The fraction of sp³-hybridized carbons (Fsp3) is 0.118. The number of rotatable bonds is 7. The van der Waals surface area contributed by atoms with Crippen molar-refractivity contribution in [3.8, 4) is 5.75 Å². The highest BCUT2D eigenvalue weighted by Gasteiger charge is 2.06. The van der Waals surface area contributed by atoms with Crippen LogP contribution >= 0.6 is 0 Å². The number of nitrogens with one attached hydrogen (secondary N) is 1. The standard InChI is InChI=1S/C17H15NO5/c19-11-12-4-6-15(7-5-12)23-9-8-16(20)18-14-3-1-2-13(10-14)17(21)22/h1-7,10-11H,8-9H2,(H,18,20)(H,21,22). The summed E-state index contributed by atoms with van der Waals surface area (Å²) >= 11 is 0. The number of anilines is 1. The average molecular weight is 313 g/mol. The minimum absolute atomic E-state index is 0.106. The van der Waals surface area contributed by atoms with Gasteiger partial charge in [-0.2, -0.15) is 0 Å². The number of aldehydes is 1. The molecule has 0 atom stereocenters. The molecule has 0 spiro atoms. The minimum Gasteiger partial charge on any atom is -0.493 e. The van der Waals surface area contributed by atoms with Gasteiger partial charge in [-0.15, -0.1) is 0 Å². The van der Waals surface area contributed by atoms with E-state index in [0.717, 1.165) is 6.29 Å². The normalized spacial score (nSPS) is 9.91. The maximum atomic E-state index is 11.8. The third-order valence-electron chi connectivity index (χ3n) is 3.01. The lowest BCUT2D eigenvalue weighted by Crippen LogP contribution is -2.15. The molecule has 0 heterocycles. The van der Waals surface area contributed by atoms with Gasteiger partial charge in [0.1, 0.15) is 12.0 Å². The molecule has 0 aliphatic rings. The number of carboxylic acids is 1. The first-order valence-corrected chi connectivity index (χ1v) is 6.90. The molecule has 23 heavy (non-hydrogen) atoms. The van der Waals surface area contributed by atoms with Crippen molar-refractivity contribution in [2.75, 3.05) is 11.9 Å². The van der Waals surface area contributed by atoms with Crippen molar-refractivity contribution in [1.29, 1.82) is 0 Å². The van der Waals surface area contributed by atoms with Gasteiger partial charge in [-0.1, -0.05) is 6.07 Å². The van der Waals surface area contributed by atoms with Gasteiger partial charge in [-0.05, 0) is 42.5 Å². The fourth-order valence-corrected chi connectivity index (χ4v) is 1.86. The van der Waals surface area contributed by atoms with Crippen LogP contribution in [-0.4, -0.2) is 29.9 Å². The Balaban J connectivity index is 1.81. The summed E-state index contributed by atoms with van der Waals surface area (Å²) in [5, 5.41) is 11.5. The molecule has 0 aliphatic heterocycles. The van der Waals surface area contributed by atoms with Gasteiger partial charge in [0.25, 0.3) is 0 Å². The topological polar surface area (TPSA) is 92.7 Å². The summed E-state index contributed by atoms with van der Waals surface area (Å²) in [6, 6.07) is 12.6. The van der Waals surface area contributed by atoms with Crippen molar-refractivity contribution in [2.45, 2.75) is 6.42 Å². The number of aromatic carboxylic acids is 1. The van der Waals surface area contributed by atoms with Crippen LogP contribution in [0.2, 0.25) is 0 Å². The zero-order valence-corrected chi connectivity index (χ0v) is 12.2. The van der Waals surface area contributed by atoms with Gasteiger partial charge in [0.15, 0.2) is 0 Å². The predicted molar refractivity (Wildman–Crippen MR) is 84.0 cm³/mol. The molecule has 0 bridgehead atoms. The van der Waals surface area contributed by atoms with E-state index in [1.165, 1.54) is 12.1 Å². The first-order valence-electron chi connectivity index (χ1n) is 6.90. The van der Waals surface area contributed by atoms with Crippen LogP contribution in [0.1, 0.15) is 27.1 Å². The summed E-state index contributed by atoms with van der Waals surface area (Å²) in [6.07, 6.45) is 0.856. The van der Waals surface area contributed by atoms with Crippen molar-refractivity contribution in [3.63, 3.8) is 0 Å². The highest BCUT2D eigenvalue weighted by atomic mass is 16.5. The molecule has 6 heteroatoms. The zero-order valence-electron chi connectivity index (χ0n) is 12.2. The monoisotopic (exact) mass is 313 g/mol. The van der Waals surface area contributed by atoms with Crippen LogP contribution in [0.15, 0.2) is 48.5 Å². The molecule has 2 rings (SSSR count). The van der Waals surface area contributed by atoms with E-state index in [2.05, 4.69) is 5.32 Å². The number of benzene rings is 2. The lowest BCUT2D eigenvalue weighted by Gasteiger charge is -2.08. The van der Waals surface area contributed by atoms with E-state index in [1.54, 1.807) is 36.4 Å². The summed E-state index contributed by atoms with van der Waals surface area (Å²) in [7, 11) is 0. The number of ether oxygens (including phenoxy) is 1. The second kappa shape index (κ2) is 7.74. The Morgan fingerprint density at radius 3 is 2.52 bits per heavy atom. The van der Waals surface area contributed by atoms with E-state index in [-0.39, 0.29) is 24.5 Å². The number of hydrogen-bond acceptors (Lipinski definition) is 4. The van der Waals surface area contributed by atoms with E-state index < -0.39 is 5.97 Å². The Morgan fingerprint density at radius 1 is 1.13 bits per heavy atom. The maximum Gasteiger partial charge on any atom is 0.335 e. The van der Waals surface area contributed by atoms with Crippen molar-refractivity contribution in [2.24, 2.45) is 0 Å². The van der Waals surface area contributed by atoms with Gasteiger partial charge < -0.3 is 15.2 Å². The molecule has 0 aromatic heterocycles. The van der Waals surface area contributed by atoms with Gasteiger partial charge in [0.2, 0.25) is 5.91 Å². The molecular weight excluding hydrogens is 298 g/mol. The molecule has 118 valence electrons. The smallest absolute Gasteiger partial charge is 0.335 e. The van der Waals surface area contributed by atoms with Gasteiger partial charge in [0.05, 0.1) is 18.6 Å². The third kappa shape index (κ3) is 4.96. The highest BCUT2D eigenvalue weighted by Crippen LogP contribution is 2.13. The molecular formula is C17H15NO5. The Bertz CT molecular complexity index is 709. The second-order valence-electron chi connectivity index (χ2n) is 4.72. The van der Waals surface area contributed by atoms with E-state index in [1.807, 2.05) is 0 Å². The Hall–Kier alpha value is -3.15. The third-order valence-corrected chi connectivity index (χ3v) is 3.01. The second-order valence-corrected chi connectivity index (χ2v) is 4.72. The number of carbonyl (C=O) groups is 3. The minimum atomic E-state index is -1.05. The average Bonchev–Trinajstić information content (AvgIpc) is 2.55. The Labute approximate surface area is 132 Å². The van der Waals surface area contributed by atoms with Crippen molar-refractivity contribution in [3.05, 3.63) is 59.7 Å². The van der Waals surface area contributed by atoms with Gasteiger partial charge in [0, 0.05) is 11.3 Å². The highest BCUT2D eigenvalue weighted by molar-refractivity contribution is 5.93. The molecule has 0 saturated carbocycles. The first kappa shape index (κ1) is 16.2. The fourth-order valence-electron chi connectivity index (χ4n) is 1.86. The number of amides is 1. The number of hydrogen-bond donors (Lipinski definition) is 2. The zero-order chi connectivity index (χ0) is 16.7. The summed E-state index contributed by atoms with van der Waals surface area (Å²) < 4.78 is 5.40. The predicted octanol–water partition coefficient (Wildman–Crippen LogP) is 2.60. The number of carbonyl (C=O) groups excluding carboxylic acids is 2. The molecule has 2 aromatic carbocycles. The van der Waals surface area contributed by atoms with Crippen LogP contribution in [0.25, 0.3) is 0 Å². The van der Waals surface area contributed by atoms with Crippen LogP contribution in [0, 0.1) is 0 Å². The molecule has 0 aliphatic carbocycles. The maximum absolute atomic E-state index is 11.8. The van der Waals surface area contributed by atoms with Crippen LogP contribution in [0.5, 0.6) is 5.75 Å². The molecule has 0 radical (unpaired) electrons. The van der Waals surface area contributed by atoms with Gasteiger partial charge in [-0.3, -0.25) is 9.59 Å². The van der Waals surface area contributed by atoms with Crippen LogP contribution in [-0.2, 0) is 4.79 Å². The van der Waals surface area contributed by atoms with Crippen molar-refractivity contribution >= 4 is 23.9 Å². The lowest BCUT2D eigenvalue weighted by molar-refractivity contribution is -0.116. The van der Waals surface area contributed by atoms with Crippen LogP contribution in [0.3, 0.4) is 0 Å². The molecule has 1 amide bonds. The summed E-state index contributed by atoms with van der Waals surface area (Å²) in [4.78, 5) is 33.2. The number of carboxylic acid groups (broad SMARTS) is 1. The summed E-state index contributed by atoms with van der Waals surface area (Å²) in [5.41, 5.74) is 1.08. The van der Waals surface area contributed by atoms with Crippen LogP contribution < -0.4 is 10.1 Å². The van der Waals surface area contributed by atoms with Crippen molar-refractivity contribution < 1.29 is 24.2 Å². The lowest BCUT2D eigenvalue weighted by atomic mass is 10.2. The Morgan fingerprint density at radius 2 is 1.87 bits per heavy atom. The quantitative estimate of drug-likeness (QED) is 0.766. The Kier molecular flexibility index (Phi) is 5.46. The molecule has 2 N–H and O–H groups in total. The van der Waals surface area contributed by atoms with E-state index >= 15 is 0 Å². The molecule has 2 aromatic rings. The van der Waals surface area contributed by atoms with Crippen LogP contribution in [0.4, 0.5) is 5.69 Å². The summed E-state index contributed by atoms with van der Waals surface area (Å²) in [5.74, 6) is -0.767. The molecule has 0 fully saturated rings. The molecule has 6 nitrogen and oxygen atoms in total. The largest absolute Gasteiger partial charge is 0.493 e. The van der Waals surface area contributed by atoms with E-state index in [4.69, 9.17) is 9.84 Å². The molecule has 0 unspecified atom stereocenters. The SMILES string of the molecule is O=Cc1ccc(OCCC(=O)Nc2cccc(C(=O)O)c2)cc1. The molecule has 0 saturated heterocycles. The summed E-state index contributed by atoms with van der Waals surface area (Å²) in [6.45, 7) is 0.172. The van der Waals surface area contributed by atoms with Gasteiger partial charge in [-0.25, -0.2) is 4.79 Å². The van der Waals surface area contributed by atoms with E-state index in [0.29, 0.717) is 17.0 Å². The first-order chi connectivity index (χ1) is 11.1.